The molecule has 7 nitrogen and oxygen atoms in total. The summed E-state index contributed by atoms with van der Waals surface area (Å²) >= 11 is 1.53. The van der Waals surface area contributed by atoms with Gasteiger partial charge >= 0.3 is 0 Å². The Hall–Kier alpha value is -2.35. The van der Waals surface area contributed by atoms with E-state index in [1.807, 2.05) is 31.2 Å². The van der Waals surface area contributed by atoms with E-state index in [-0.39, 0.29) is 0 Å². The normalized spacial score (nSPS) is 11.0. The van der Waals surface area contributed by atoms with Crippen LogP contribution in [0.4, 0.5) is 0 Å². The van der Waals surface area contributed by atoms with E-state index in [1.165, 1.54) is 11.8 Å². The Morgan fingerprint density at radius 2 is 2.04 bits per heavy atom. The van der Waals surface area contributed by atoms with E-state index < -0.39 is 0 Å². The van der Waals surface area contributed by atoms with E-state index in [0.717, 1.165) is 41.1 Å². The number of hydrogen-bond acceptors (Lipinski definition) is 7. The number of aryl methyl sites for hydroxylation is 1. The van der Waals surface area contributed by atoms with Gasteiger partial charge < -0.3 is 13.8 Å². The van der Waals surface area contributed by atoms with Gasteiger partial charge in [-0.1, -0.05) is 36.0 Å². The van der Waals surface area contributed by atoms with Crippen molar-refractivity contribution in [3.8, 4) is 17.1 Å². The van der Waals surface area contributed by atoms with Crippen LogP contribution in [0.5, 0.6) is 5.75 Å². The molecular formula is C16H19N5O2S. The lowest BCUT2D eigenvalue weighted by molar-refractivity contribution is 0.385. The highest BCUT2D eigenvalue weighted by Crippen LogP contribution is 2.31. The topological polar surface area (TPSA) is 78.9 Å². The predicted molar refractivity (Wildman–Crippen MR) is 90.9 cm³/mol. The van der Waals surface area contributed by atoms with E-state index in [4.69, 9.17) is 9.26 Å². The van der Waals surface area contributed by atoms with Crippen LogP contribution < -0.4 is 4.74 Å². The third kappa shape index (κ3) is 3.28. The lowest BCUT2D eigenvalue weighted by atomic mass is 10.2. The molecule has 3 aromatic rings. The number of methoxy groups -OCH3 is 1. The molecule has 24 heavy (non-hydrogen) atoms. The van der Waals surface area contributed by atoms with E-state index in [2.05, 4.69) is 31.8 Å². The van der Waals surface area contributed by atoms with Crippen LogP contribution in [-0.2, 0) is 18.7 Å². The molecule has 0 atom stereocenters. The van der Waals surface area contributed by atoms with Gasteiger partial charge in [0.05, 0.1) is 18.4 Å². The van der Waals surface area contributed by atoms with Gasteiger partial charge in [0.25, 0.3) is 0 Å². The number of benzene rings is 1. The second kappa shape index (κ2) is 7.48. The highest BCUT2D eigenvalue weighted by Gasteiger charge is 2.17. The first-order valence-corrected chi connectivity index (χ1v) is 8.76. The summed E-state index contributed by atoms with van der Waals surface area (Å²) in [4.78, 5) is 4.32. The minimum absolute atomic E-state index is 0.567. The number of thioether (sulfide) groups is 1. The molecule has 0 saturated heterocycles. The number of hydrogen-bond donors (Lipinski definition) is 0. The number of ether oxygens (including phenoxy) is 1. The van der Waals surface area contributed by atoms with Gasteiger partial charge in [-0.15, -0.1) is 10.2 Å². The standard InChI is InChI=1S/C16H19N5O2S/c1-4-13-17-14(23-20-13)10-24-16-19-18-15(21(16)5-2)11-8-6-7-9-12(11)22-3/h6-9H,4-5,10H2,1-3H3. The zero-order valence-corrected chi connectivity index (χ0v) is 14.7. The van der Waals surface area contributed by atoms with Gasteiger partial charge in [-0.3, -0.25) is 0 Å². The second-order valence-corrected chi connectivity index (χ2v) is 5.94. The quantitative estimate of drug-likeness (QED) is 0.608. The maximum atomic E-state index is 5.43. The van der Waals surface area contributed by atoms with Gasteiger partial charge in [-0.05, 0) is 19.1 Å². The van der Waals surface area contributed by atoms with Gasteiger partial charge in [-0.25, -0.2) is 0 Å². The molecule has 0 fully saturated rings. The van der Waals surface area contributed by atoms with Crippen molar-refractivity contribution in [1.29, 1.82) is 0 Å². The summed E-state index contributed by atoms with van der Waals surface area (Å²) in [6.45, 7) is 4.82. The predicted octanol–water partition coefficient (Wildman–Crippen LogP) is 3.21. The molecule has 1 aromatic carbocycles. The van der Waals surface area contributed by atoms with Crippen LogP contribution in [0.25, 0.3) is 11.4 Å². The van der Waals surface area contributed by atoms with Crippen LogP contribution in [0.2, 0.25) is 0 Å². The van der Waals surface area contributed by atoms with Crippen LogP contribution in [-0.4, -0.2) is 32.0 Å². The fraction of sp³-hybridized carbons (Fsp3) is 0.375. The van der Waals surface area contributed by atoms with Gasteiger partial charge in [0.15, 0.2) is 16.8 Å². The van der Waals surface area contributed by atoms with Gasteiger partial charge in [-0.2, -0.15) is 4.98 Å². The van der Waals surface area contributed by atoms with Crippen molar-refractivity contribution < 1.29 is 9.26 Å². The third-order valence-corrected chi connectivity index (χ3v) is 4.48. The van der Waals surface area contributed by atoms with E-state index >= 15 is 0 Å². The van der Waals surface area contributed by atoms with Crippen LogP contribution in [0.15, 0.2) is 33.9 Å². The van der Waals surface area contributed by atoms with Crippen molar-refractivity contribution in [3.63, 3.8) is 0 Å². The minimum atomic E-state index is 0.567. The Bertz CT molecular complexity index is 814. The Kier molecular flexibility index (Phi) is 5.14. The molecule has 0 aliphatic carbocycles. The SMILES string of the molecule is CCc1noc(CSc2nnc(-c3ccccc3OC)n2CC)n1. The Balaban J connectivity index is 1.84. The van der Waals surface area contributed by atoms with Crippen molar-refractivity contribution >= 4 is 11.8 Å². The number of aromatic nitrogens is 5. The Labute approximate surface area is 144 Å². The Morgan fingerprint density at radius 1 is 1.21 bits per heavy atom. The lowest BCUT2D eigenvalue weighted by Gasteiger charge is -2.09. The first kappa shape index (κ1) is 16.5. The van der Waals surface area contributed by atoms with Crippen LogP contribution in [0.3, 0.4) is 0 Å². The minimum Gasteiger partial charge on any atom is -0.496 e. The molecule has 0 unspecified atom stereocenters. The van der Waals surface area contributed by atoms with Gasteiger partial charge in [0, 0.05) is 13.0 Å². The summed E-state index contributed by atoms with van der Waals surface area (Å²) in [6.07, 6.45) is 0.761. The van der Waals surface area contributed by atoms with E-state index in [1.54, 1.807) is 7.11 Å². The smallest absolute Gasteiger partial charge is 0.237 e. The van der Waals surface area contributed by atoms with Crippen LogP contribution in [0.1, 0.15) is 25.6 Å². The Morgan fingerprint density at radius 3 is 2.75 bits per heavy atom. The summed E-state index contributed by atoms with van der Waals surface area (Å²) in [5, 5.41) is 13.4. The maximum Gasteiger partial charge on any atom is 0.237 e. The molecule has 2 heterocycles. The number of nitrogens with zero attached hydrogens (tertiary/aromatic N) is 5. The molecule has 0 radical (unpaired) electrons. The summed E-state index contributed by atoms with van der Waals surface area (Å²) in [5.41, 5.74) is 0.923. The summed E-state index contributed by atoms with van der Waals surface area (Å²) in [7, 11) is 1.65. The molecular weight excluding hydrogens is 326 g/mol. The summed E-state index contributed by atoms with van der Waals surface area (Å²) in [5.74, 6) is 3.45. The number of rotatable bonds is 7. The van der Waals surface area contributed by atoms with Crippen molar-refractivity contribution in [2.75, 3.05) is 7.11 Å². The largest absolute Gasteiger partial charge is 0.496 e. The molecule has 8 heteroatoms. The van der Waals surface area contributed by atoms with E-state index in [0.29, 0.717) is 11.6 Å². The average Bonchev–Trinajstić information content (AvgIpc) is 3.25. The molecule has 0 amide bonds. The molecule has 0 spiro atoms. The first-order valence-electron chi connectivity index (χ1n) is 7.77. The monoisotopic (exact) mass is 345 g/mol. The summed E-state index contributed by atoms with van der Waals surface area (Å²) in [6, 6.07) is 7.80. The fourth-order valence-electron chi connectivity index (χ4n) is 2.33. The van der Waals surface area contributed by atoms with Crippen molar-refractivity contribution in [2.45, 2.75) is 37.7 Å². The fourth-order valence-corrected chi connectivity index (χ4v) is 3.17. The highest BCUT2D eigenvalue weighted by atomic mass is 32.2. The third-order valence-electron chi connectivity index (χ3n) is 3.53. The molecule has 0 bridgehead atoms. The highest BCUT2D eigenvalue weighted by molar-refractivity contribution is 7.98. The van der Waals surface area contributed by atoms with Crippen LogP contribution >= 0.6 is 11.8 Å². The zero-order chi connectivity index (χ0) is 16.9. The van der Waals surface area contributed by atoms with Crippen molar-refractivity contribution in [3.05, 3.63) is 36.0 Å². The number of para-hydroxylation sites is 1. The van der Waals surface area contributed by atoms with E-state index in [9.17, 15) is 0 Å². The van der Waals surface area contributed by atoms with Gasteiger partial charge in [0.1, 0.15) is 5.75 Å². The van der Waals surface area contributed by atoms with Gasteiger partial charge in [0.2, 0.25) is 5.89 Å². The van der Waals surface area contributed by atoms with Crippen molar-refractivity contribution in [2.24, 2.45) is 0 Å². The summed E-state index contributed by atoms with van der Waals surface area (Å²) < 4.78 is 12.7. The first-order chi connectivity index (χ1) is 11.8. The molecule has 0 aliphatic heterocycles. The molecule has 3 rings (SSSR count). The zero-order valence-electron chi connectivity index (χ0n) is 13.9. The average molecular weight is 345 g/mol. The molecule has 2 aromatic heterocycles. The maximum absolute atomic E-state index is 5.43. The molecule has 0 aliphatic rings. The molecule has 126 valence electrons. The van der Waals surface area contributed by atoms with Crippen LogP contribution in [0, 0.1) is 0 Å². The molecule has 0 saturated carbocycles. The second-order valence-electron chi connectivity index (χ2n) is 5.00. The lowest BCUT2D eigenvalue weighted by Crippen LogP contribution is -2.01. The molecule has 0 N–H and O–H groups in total. The van der Waals surface area contributed by atoms with Crippen molar-refractivity contribution in [1.82, 2.24) is 24.9 Å².